The summed E-state index contributed by atoms with van der Waals surface area (Å²) in [5.41, 5.74) is 0. The minimum atomic E-state index is -0.439. The van der Waals surface area contributed by atoms with E-state index in [0.717, 1.165) is 12.8 Å². The molecule has 0 fully saturated rings. The number of alkyl halides is 1. The summed E-state index contributed by atoms with van der Waals surface area (Å²) in [6, 6.07) is -0.363. The number of amides is 3. The molecule has 5 heteroatoms. The van der Waals surface area contributed by atoms with Crippen LogP contribution < -0.4 is 10.6 Å². The third-order valence-electron chi connectivity index (χ3n) is 2.13. The largest absolute Gasteiger partial charge is 0.335 e. The van der Waals surface area contributed by atoms with E-state index in [1.165, 1.54) is 0 Å². The van der Waals surface area contributed by atoms with Crippen LogP contribution in [0.5, 0.6) is 0 Å². The Kier molecular flexibility index (Phi) is 7.99. The minimum Gasteiger partial charge on any atom is -0.335 e. The number of carbonyl (C=O) groups excluding carboxylic acids is 2. The van der Waals surface area contributed by atoms with Crippen molar-refractivity contribution in [1.82, 2.24) is 10.6 Å². The molecule has 1 unspecified atom stereocenters. The summed E-state index contributed by atoms with van der Waals surface area (Å²) in [6.07, 6.45) is 2.13. The van der Waals surface area contributed by atoms with Crippen LogP contribution >= 0.6 is 11.6 Å². The van der Waals surface area contributed by atoms with Crippen LogP contribution in [-0.2, 0) is 4.79 Å². The molecule has 0 aromatic heterocycles. The lowest BCUT2D eigenvalue weighted by Crippen LogP contribution is -2.43. The Balaban J connectivity index is 3.73. The van der Waals surface area contributed by atoms with E-state index in [-0.39, 0.29) is 24.2 Å². The number of halogens is 1. The van der Waals surface area contributed by atoms with Gasteiger partial charge in [-0.25, -0.2) is 4.79 Å². The van der Waals surface area contributed by atoms with E-state index in [1.54, 1.807) is 0 Å². The van der Waals surface area contributed by atoms with Crippen molar-refractivity contribution in [1.29, 1.82) is 0 Å². The van der Waals surface area contributed by atoms with Gasteiger partial charge in [-0.1, -0.05) is 13.8 Å². The highest BCUT2D eigenvalue weighted by atomic mass is 35.5. The van der Waals surface area contributed by atoms with E-state index in [4.69, 9.17) is 11.6 Å². The molecule has 0 aliphatic rings. The maximum atomic E-state index is 11.3. The zero-order valence-electron chi connectivity index (χ0n) is 10.2. The Labute approximate surface area is 102 Å². The quantitative estimate of drug-likeness (QED) is 0.709. The third-order valence-corrected chi connectivity index (χ3v) is 2.32. The highest BCUT2D eigenvalue weighted by molar-refractivity contribution is 6.19. The van der Waals surface area contributed by atoms with E-state index < -0.39 is 6.03 Å². The first-order chi connectivity index (χ1) is 7.45. The van der Waals surface area contributed by atoms with Crippen LogP contribution in [0.4, 0.5) is 4.79 Å². The van der Waals surface area contributed by atoms with Gasteiger partial charge in [0.05, 0.1) is 0 Å². The lowest BCUT2D eigenvalue weighted by molar-refractivity contribution is -0.119. The van der Waals surface area contributed by atoms with Crippen LogP contribution in [0.15, 0.2) is 0 Å². The van der Waals surface area contributed by atoms with Crippen molar-refractivity contribution in [2.75, 3.05) is 5.88 Å². The summed E-state index contributed by atoms with van der Waals surface area (Å²) in [7, 11) is 0. The highest BCUT2D eigenvalue weighted by Gasteiger charge is 2.10. The van der Waals surface area contributed by atoms with Gasteiger partial charge in [0.1, 0.15) is 0 Å². The summed E-state index contributed by atoms with van der Waals surface area (Å²) in [5, 5.41) is 4.94. The molecule has 94 valence electrons. The molecule has 4 nitrogen and oxygen atoms in total. The van der Waals surface area contributed by atoms with Crippen molar-refractivity contribution in [3.05, 3.63) is 0 Å². The lowest BCUT2D eigenvalue weighted by atomic mass is 10.0. The monoisotopic (exact) mass is 248 g/mol. The molecular formula is C11H21ClN2O2. The van der Waals surface area contributed by atoms with Gasteiger partial charge in [0.2, 0.25) is 5.91 Å². The molecule has 0 aliphatic carbocycles. The fourth-order valence-corrected chi connectivity index (χ4v) is 1.36. The number of urea groups is 1. The predicted molar refractivity (Wildman–Crippen MR) is 65.5 cm³/mol. The first kappa shape index (κ1) is 15.2. The van der Waals surface area contributed by atoms with E-state index in [9.17, 15) is 9.59 Å². The fraction of sp³-hybridized carbons (Fsp3) is 0.818. The molecule has 0 aliphatic heterocycles. The summed E-state index contributed by atoms with van der Waals surface area (Å²) in [6.45, 7) is 6.20. The number of carbonyl (C=O) groups is 2. The van der Waals surface area contributed by atoms with Gasteiger partial charge in [0.15, 0.2) is 0 Å². The van der Waals surface area contributed by atoms with Crippen LogP contribution in [0.3, 0.4) is 0 Å². The van der Waals surface area contributed by atoms with E-state index >= 15 is 0 Å². The van der Waals surface area contributed by atoms with Crippen LogP contribution in [0.1, 0.15) is 40.0 Å². The SMILES string of the molecule is CC(C)CCC(C)NC(=O)NC(=O)CCCl. The number of rotatable bonds is 6. The van der Waals surface area contributed by atoms with Gasteiger partial charge < -0.3 is 5.32 Å². The topological polar surface area (TPSA) is 58.2 Å². The smallest absolute Gasteiger partial charge is 0.321 e. The van der Waals surface area contributed by atoms with E-state index in [2.05, 4.69) is 24.5 Å². The Morgan fingerprint density at radius 1 is 1.19 bits per heavy atom. The van der Waals surface area contributed by atoms with Crippen LogP contribution in [0.25, 0.3) is 0 Å². The van der Waals surface area contributed by atoms with Crippen molar-refractivity contribution in [2.24, 2.45) is 5.92 Å². The summed E-state index contributed by atoms with van der Waals surface area (Å²) < 4.78 is 0. The predicted octanol–water partition coefficient (Wildman–Crippen LogP) is 2.27. The van der Waals surface area contributed by atoms with Gasteiger partial charge in [-0.05, 0) is 25.7 Å². The van der Waals surface area contributed by atoms with E-state index in [0.29, 0.717) is 5.92 Å². The highest BCUT2D eigenvalue weighted by Crippen LogP contribution is 2.06. The van der Waals surface area contributed by atoms with Crippen molar-refractivity contribution >= 4 is 23.5 Å². The molecule has 0 aromatic carbocycles. The molecule has 0 saturated heterocycles. The first-order valence-electron chi connectivity index (χ1n) is 5.62. The average molecular weight is 249 g/mol. The standard InChI is InChI=1S/C11H21ClN2O2/c1-8(2)4-5-9(3)13-11(16)14-10(15)6-7-12/h8-9H,4-7H2,1-3H3,(H2,13,14,15,16). The molecule has 1 atom stereocenters. The third kappa shape index (κ3) is 8.53. The number of hydrogen-bond donors (Lipinski definition) is 2. The van der Waals surface area contributed by atoms with Gasteiger partial charge >= 0.3 is 6.03 Å². The normalized spacial score (nSPS) is 12.3. The zero-order valence-corrected chi connectivity index (χ0v) is 10.9. The van der Waals surface area contributed by atoms with Crippen molar-refractivity contribution < 1.29 is 9.59 Å². The molecular weight excluding hydrogens is 228 g/mol. The van der Waals surface area contributed by atoms with Crippen molar-refractivity contribution in [3.63, 3.8) is 0 Å². The minimum absolute atomic E-state index is 0.0752. The first-order valence-corrected chi connectivity index (χ1v) is 6.15. The molecule has 0 bridgehead atoms. The number of imide groups is 1. The Hall–Kier alpha value is -0.770. The average Bonchev–Trinajstić information content (AvgIpc) is 2.14. The Morgan fingerprint density at radius 2 is 1.81 bits per heavy atom. The molecule has 0 spiro atoms. The Morgan fingerprint density at radius 3 is 2.31 bits per heavy atom. The molecule has 16 heavy (non-hydrogen) atoms. The molecule has 2 N–H and O–H groups in total. The van der Waals surface area contributed by atoms with Gasteiger partial charge in [-0.2, -0.15) is 0 Å². The van der Waals surface area contributed by atoms with Crippen LogP contribution in [-0.4, -0.2) is 23.9 Å². The molecule has 3 amide bonds. The maximum absolute atomic E-state index is 11.3. The van der Waals surface area contributed by atoms with Crippen LogP contribution in [0.2, 0.25) is 0 Å². The molecule has 0 heterocycles. The van der Waals surface area contributed by atoms with Gasteiger partial charge in [-0.15, -0.1) is 11.6 Å². The summed E-state index contributed by atoms with van der Waals surface area (Å²) >= 11 is 5.38. The van der Waals surface area contributed by atoms with Crippen LogP contribution in [0, 0.1) is 5.92 Å². The van der Waals surface area contributed by atoms with E-state index in [1.807, 2.05) is 6.92 Å². The summed E-state index contributed by atoms with van der Waals surface area (Å²) in [4.78, 5) is 22.3. The van der Waals surface area contributed by atoms with Crippen molar-refractivity contribution in [2.45, 2.75) is 46.1 Å². The lowest BCUT2D eigenvalue weighted by Gasteiger charge is -2.15. The number of nitrogens with one attached hydrogen (secondary N) is 2. The second kappa shape index (κ2) is 8.39. The molecule has 0 saturated carbocycles. The molecule has 0 rings (SSSR count). The summed E-state index contributed by atoms with van der Waals surface area (Å²) in [5.74, 6) is 0.496. The Bertz CT molecular complexity index is 232. The van der Waals surface area contributed by atoms with Gasteiger partial charge in [-0.3, -0.25) is 10.1 Å². The molecule has 0 radical (unpaired) electrons. The van der Waals surface area contributed by atoms with Gasteiger partial charge in [0.25, 0.3) is 0 Å². The maximum Gasteiger partial charge on any atom is 0.321 e. The second-order valence-corrected chi connectivity index (χ2v) is 4.71. The molecule has 0 aromatic rings. The number of hydrogen-bond acceptors (Lipinski definition) is 2. The van der Waals surface area contributed by atoms with Crippen molar-refractivity contribution in [3.8, 4) is 0 Å². The van der Waals surface area contributed by atoms with Gasteiger partial charge in [0, 0.05) is 18.3 Å². The second-order valence-electron chi connectivity index (χ2n) is 4.33. The zero-order chi connectivity index (χ0) is 12.6. The fourth-order valence-electron chi connectivity index (χ4n) is 1.19.